The van der Waals surface area contributed by atoms with Crippen molar-refractivity contribution in [2.24, 2.45) is 0 Å². The van der Waals surface area contributed by atoms with Gasteiger partial charge in [0.25, 0.3) is 11.7 Å². The predicted octanol–water partition coefficient (Wildman–Crippen LogP) is 5.21. The molecule has 5 nitrogen and oxygen atoms in total. The van der Waals surface area contributed by atoms with E-state index in [9.17, 15) is 22.0 Å². The number of alkyl halides is 2. The molecule has 3 rings (SSSR count). The Morgan fingerprint density at radius 1 is 1.07 bits per heavy atom. The van der Waals surface area contributed by atoms with Gasteiger partial charge in [0.05, 0.1) is 10.5 Å². The SMILES string of the molecule is CC1CCCC(C)N1S(=O)(=O)c1ccc(NC(=O)c2ccccc2SC(F)F)cc1. The van der Waals surface area contributed by atoms with Gasteiger partial charge in [-0.1, -0.05) is 30.3 Å². The molecule has 0 radical (unpaired) electrons. The summed E-state index contributed by atoms with van der Waals surface area (Å²) in [5.41, 5.74) is 0.519. The van der Waals surface area contributed by atoms with Gasteiger partial charge in [0.2, 0.25) is 10.0 Å². The average Bonchev–Trinajstić information content (AvgIpc) is 2.68. The normalized spacial score (nSPS) is 20.3. The highest BCUT2D eigenvalue weighted by Crippen LogP contribution is 2.31. The number of amides is 1. The largest absolute Gasteiger partial charge is 0.322 e. The van der Waals surface area contributed by atoms with E-state index >= 15 is 0 Å². The maximum absolute atomic E-state index is 13.1. The molecule has 1 fully saturated rings. The summed E-state index contributed by atoms with van der Waals surface area (Å²) < 4.78 is 53.2. The summed E-state index contributed by atoms with van der Waals surface area (Å²) in [6.07, 6.45) is 2.66. The Labute approximate surface area is 179 Å². The van der Waals surface area contributed by atoms with Gasteiger partial charge in [-0.15, -0.1) is 0 Å². The standard InChI is InChI=1S/C21H24F2N2O3S2/c1-14-6-5-7-15(2)25(14)30(27,28)17-12-10-16(11-13-17)24-20(26)18-8-3-4-9-19(18)29-21(22)23/h3-4,8-15,21H,5-7H2,1-2H3,(H,24,26). The van der Waals surface area contributed by atoms with Crippen molar-refractivity contribution in [2.75, 3.05) is 5.32 Å². The Kier molecular flexibility index (Phi) is 7.15. The molecule has 30 heavy (non-hydrogen) atoms. The van der Waals surface area contributed by atoms with E-state index in [0.717, 1.165) is 19.3 Å². The number of carbonyl (C=O) groups excluding carboxylic acids is 1. The molecule has 1 amide bonds. The molecule has 1 aliphatic rings. The van der Waals surface area contributed by atoms with Crippen molar-refractivity contribution < 1.29 is 22.0 Å². The molecule has 9 heteroatoms. The zero-order chi connectivity index (χ0) is 21.9. The van der Waals surface area contributed by atoms with Gasteiger partial charge in [-0.2, -0.15) is 13.1 Å². The summed E-state index contributed by atoms with van der Waals surface area (Å²) in [6.45, 7) is 3.83. The van der Waals surface area contributed by atoms with Gasteiger partial charge >= 0.3 is 0 Å². The number of nitrogens with zero attached hydrogens (tertiary/aromatic N) is 1. The molecule has 2 aromatic rings. The average molecular weight is 455 g/mol. The van der Waals surface area contributed by atoms with E-state index in [-0.39, 0.29) is 27.4 Å². The number of carbonyl (C=O) groups is 1. The number of benzene rings is 2. The van der Waals surface area contributed by atoms with Crippen LogP contribution in [-0.4, -0.2) is 36.5 Å². The van der Waals surface area contributed by atoms with Crippen LogP contribution in [0.25, 0.3) is 0 Å². The summed E-state index contributed by atoms with van der Waals surface area (Å²) in [5.74, 6) is -3.17. The summed E-state index contributed by atoms with van der Waals surface area (Å²) in [7, 11) is -3.64. The quantitative estimate of drug-likeness (QED) is 0.609. The van der Waals surface area contributed by atoms with Crippen molar-refractivity contribution in [1.82, 2.24) is 4.31 Å². The smallest absolute Gasteiger partial charge is 0.288 e. The highest BCUT2D eigenvalue weighted by atomic mass is 32.2. The van der Waals surface area contributed by atoms with Crippen molar-refractivity contribution >= 4 is 33.4 Å². The fraction of sp³-hybridized carbons (Fsp3) is 0.381. The zero-order valence-electron chi connectivity index (χ0n) is 16.7. The summed E-state index contributed by atoms with van der Waals surface area (Å²) in [6, 6.07) is 11.9. The number of sulfonamides is 1. The lowest BCUT2D eigenvalue weighted by atomic mass is 10.0. The minimum absolute atomic E-state index is 0.0676. The predicted molar refractivity (Wildman–Crippen MR) is 114 cm³/mol. The first-order valence-corrected chi connectivity index (χ1v) is 12.0. The fourth-order valence-electron chi connectivity index (χ4n) is 3.75. The molecule has 2 aromatic carbocycles. The van der Waals surface area contributed by atoms with Gasteiger partial charge in [0.15, 0.2) is 0 Å². The van der Waals surface area contributed by atoms with Gasteiger partial charge < -0.3 is 5.32 Å². The lowest BCUT2D eigenvalue weighted by molar-refractivity contribution is 0.102. The van der Waals surface area contributed by atoms with Crippen LogP contribution in [0.3, 0.4) is 0 Å². The Morgan fingerprint density at radius 3 is 2.27 bits per heavy atom. The number of piperidine rings is 1. The van der Waals surface area contributed by atoms with Crippen molar-refractivity contribution in [3.05, 3.63) is 54.1 Å². The molecule has 0 bridgehead atoms. The first kappa shape index (κ1) is 22.7. The van der Waals surface area contributed by atoms with Gasteiger partial charge in [0, 0.05) is 22.7 Å². The number of nitrogens with one attached hydrogen (secondary N) is 1. The molecule has 2 unspecified atom stereocenters. The third kappa shape index (κ3) is 5.01. The molecule has 2 atom stereocenters. The number of rotatable bonds is 6. The molecule has 1 N–H and O–H groups in total. The van der Waals surface area contributed by atoms with Crippen LogP contribution in [0.15, 0.2) is 58.3 Å². The van der Waals surface area contributed by atoms with E-state index in [0.29, 0.717) is 17.4 Å². The van der Waals surface area contributed by atoms with Gasteiger partial charge in [-0.3, -0.25) is 4.79 Å². The number of hydrogen-bond acceptors (Lipinski definition) is 4. The Morgan fingerprint density at radius 2 is 1.67 bits per heavy atom. The lowest BCUT2D eigenvalue weighted by Gasteiger charge is -2.37. The second kappa shape index (κ2) is 9.45. The van der Waals surface area contributed by atoms with Crippen LogP contribution >= 0.6 is 11.8 Å². The van der Waals surface area contributed by atoms with Crippen LogP contribution in [0.2, 0.25) is 0 Å². The van der Waals surface area contributed by atoms with Gasteiger partial charge in [-0.05, 0) is 63.1 Å². The number of anilines is 1. The van der Waals surface area contributed by atoms with E-state index in [4.69, 9.17) is 0 Å². The van der Waals surface area contributed by atoms with E-state index in [2.05, 4.69) is 5.32 Å². The lowest BCUT2D eigenvalue weighted by Crippen LogP contribution is -2.47. The monoisotopic (exact) mass is 454 g/mol. The van der Waals surface area contributed by atoms with Crippen LogP contribution in [0.1, 0.15) is 43.5 Å². The zero-order valence-corrected chi connectivity index (χ0v) is 18.3. The number of hydrogen-bond donors (Lipinski definition) is 1. The molecule has 1 aliphatic heterocycles. The van der Waals surface area contributed by atoms with Crippen LogP contribution in [0, 0.1) is 0 Å². The van der Waals surface area contributed by atoms with E-state index < -0.39 is 21.7 Å². The molecular formula is C21H24F2N2O3S2. The Bertz CT molecular complexity index is 988. The molecule has 0 saturated carbocycles. The maximum Gasteiger partial charge on any atom is 0.288 e. The molecule has 162 valence electrons. The van der Waals surface area contributed by atoms with Gasteiger partial charge in [0.1, 0.15) is 0 Å². The second-order valence-electron chi connectivity index (χ2n) is 7.32. The Balaban J connectivity index is 1.77. The van der Waals surface area contributed by atoms with Crippen LogP contribution in [-0.2, 0) is 10.0 Å². The molecule has 1 saturated heterocycles. The van der Waals surface area contributed by atoms with Gasteiger partial charge in [-0.25, -0.2) is 8.42 Å². The van der Waals surface area contributed by atoms with Crippen LogP contribution in [0.4, 0.5) is 14.5 Å². The number of halogens is 2. The number of thioether (sulfide) groups is 1. The summed E-state index contributed by atoms with van der Waals surface area (Å²) in [4.78, 5) is 12.9. The Hall–Kier alpha value is -1.97. The van der Waals surface area contributed by atoms with Crippen molar-refractivity contribution in [3.8, 4) is 0 Å². The molecule has 0 aliphatic carbocycles. The minimum atomic E-state index is -3.64. The van der Waals surface area contributed by atoms with Crippen LogP contribution < -0.4 is 5.32 Å². The van der Waals surface area contributed by atoms with Crippen LogP contribution in [0.5, 0.6) is 0 Å². The first-order valence-electron chi connectivity index (χ1n) is 9.69. The molecule has 0 aromatic heterocycles. The molecule has 1 heterocycles. The fourth-order valence-corrected chi connectivity index (χ4v) is 6.27. The summed E-state index contributed by atoms with van der Waals surface area (Å²) in [5, 5.41) is 2.64. The molecular weight excluding hydrogens is 430 g/mol. The second-order valence-corrected chi connectivity index (χ2v) is 10.2. The minimum Gasteiger partial charge on any atom is -0.322 e. The highest BCUT2D eigenvalue weighted by Gasteiger charge is 2.35. The van der Waals surface area contributed by atoms with E-state index in [1.165, 1.54) is 36.4 Å². The summed E-state index contributed by atoms with van der Waals surface area (Å²) >= 11 is 0.307. The molecule has 0 spiro atoms. The van der Waals surface area contributed by atoms with E-state index in [1.807, 2.05) is 13.8 Å². The maximum atomic E-state index is 13.1. The van der Waals surface area contributed by atoms with Crippen molar-refractivity contribution in [2.45, 2.75) is 60.7 Å². The highest BCUT2D eigenvalue weighted by molar-refractivity contribution is 7.99. The topological polar surface area (TPSA) is 66.5 Å². The van der Waals surface area contributed by atoms with Crippen molar-refractivity contribution in [3.63, 3.8) is 0 Å². The third-order valence-corrected chi connectivity index (χ3v) is 8.08. The third-order valence-electron chi connectivity index (χ3n) is 5.15. The van der Waals surface area contributed by atoms with Crippen molar-refractivity contribution in [1.29, 1.82) is 0 Å². The van der Waals surface area contributed by atoms with E-state index in [1.54, 1.807) is 16.4 Å². The first-order chi connectivity index (χ1) is 14.2.